The lowest BCUT2D eigenvalue weighted by atomic mass is 9.91. The largest absolute Gasteiger partial charge is 0.307 e. The molecule has 0 aliphatic rings. The van der Waals surface area contributed by atoms with Crippen LogP contribution in [0.25, 0.3) is 5.57 Å². The molecule has 0 aliphatic heterocycles. The SMILES string of the molecule is C=C(CC(C)(C)NCc1ccccc1)c1ccccc1. The molecule has 0 saturated heterocycles. The Hall–Kier alpha value is -1.86. The van der Waals surface area contributed by atoms with E-state index in [1.54, 1.807) is 0 Å². The molecule has 0 amide bonds. The van der Waals surface area contributed by atoms with Crippen molar-refractivity contribution in [2.45, 2.75) is 32.4 Å². The fourth-order valence-corrected chi connectivity index (χ4v) is 2.31. The molecule has 0 atom stereocenters. The van der Waals surface area contributed by atoms with Gasteiger partial charge in [0.1, 0.15) is 0 Å². The molecule has 104 valence electrons. The van der Waals surface area contributed by atoms with E-state index in [0.717, 1.165) is 13.0 Å². The molecule has 0 saturated carbocycles. The topological polar surface area (TPSA) is 12.0 Å². The minimum atomic E-state index is 0.0305. The van der Waals surface area contributed by atoms with Crippen LogP contribution in [-0.4, -0.2) is 5.54 Å². The third-order valence-corrected chi connectivity index (χ3v) is 3.45. The molecule has 0 radical (unpaired) electrons. The maximum atomic E-state index is 4.23. The Bertz CT molecular complexity index is 540. The summed E-state index contributed by atoms with van der Waals surface area (Å²) >= 11 is 0. The lowest BCUT2D eigenvalue weighted by Crippen LogP contribution is -2.38. The fourth-order valence-electron chi connectivity index (χ4n) is 2.31. The van der Waals surface area contributed by atoms with E-state index < -0.39 is 0 Å². The normalized spacial score (nSPS) is 11.3. The summed E-state index contributed by atoms with van der Waals surface area (Å²) < 4.78 is 0. The minimum absolute atomic E-state index is 0.0305. The van der Waals surface area contributed by atoms with Crippen LogP contribution in [0.4, 0.5) is 0 Å². The molecular formula is C19H23N. The maximum absolute atomic E-state index is 4.23. The summed E-state index contributed by atoms with van der Waals surface area (Å²) in [6, 6.07) is 20.9. The summed E-state index contributed by atoms with van der Waals surface area (Å²) in [6.07, 6.45) is 0.934. The van der Waals surface area contributed by atoms with Crippen LogP contribution < -0.4 is 5.32 Å². The summed E-state index contributed by atoms with van der Waals surface area (Å²) in [7, 11) is 0. The van der Waals surface area contributed by atoms with Crippen LogP contribution in [0.2, 0.25) is 0 Å². The van der Waals surface area contributed by atoms with Gasteiger partial charge in [-0.25, -0.2) is 0 Å². The zero-order chi connectivity index (χ0) is 14.4. The van der Waals surface area contributed by atoms with E-state index in [4.69, 9.17) is 0 Å². The smallest absolute Gasteiger partial charge is 0.0210 e. The number of hydrogen-bond donors (Lipinski definition) is 1. The molecule has 0 heterocycles. The van der Waals surface area contributed by atoms with Crippen molar-refractivity contribution in [1.82, 2.24) is 5.32 Å². The standard InChI is InChI=1S/C19H23N/c1-16(18-12-8-5-9-13-18)14-19(2,3)20-15-17-10-6-4-7-11-17/h4-13,20H,1,14-15H2,2-3H3. The molecule has 2 rings (SSSR count). The van der Waals surface area contributed by atoms with Crippen molar-refractivity contribution in [2.24, 2.45) is 0 Å². The van der Waals surface area contributed by atoms with Crippen molar-refractivity contribution in [2.75, 3.05) is 0 Å². The van der Waals surface area contributed by atoms with Crippen LogP contribution in [0.1, 0.15) is 31.4 Å². The lowest BCUT2D eigenvalue weighted by Gasteiger charge is -2.27. The Labute approximate surface area is 122 Å². The number of hydrogen-bond acceptors (Lipinski definition) is 1. The van der Waals surface area contributed by atoms with Gasteiger partial charge >= 0.3 is 0 Å². The molecule has 0 aromatic heterocycles. The van der Waals surface area contributed by atoms with E-state index in [0.29, 0.717) is 0 Å². The minimum Gasteiger partial charge on any atom is -0.307 e. The van der Waals surface area contributed by atoms with Crippen molar-refractivity contribution in [3.05, 3.63) is 78.4 Å². The van der Waals surface area contributed by atoms with Gasteiger partial charge in [-0.05, 0) is 37.0 Å². The Morgan fingerprint density at radius 3 is 2.10 bits per heavy atom. The zero-order valence-corrected chi connectivity index (χ0v) is 12.4. The number of nitrogens with one attached hydrogen (secondary N) is 1. The molecule has 0 unspecified atom stereocenters. The maximum Gasteiger partial charge on any atom is 0.0210 e. The molecule has 0 aliphatic carbocycles. The molecule has 20 heavy (non-hydrogen) atoms. The molecule has 0 bridgehead atoms. The van der Waals surface area contributed by atoms with Gasteiger partial charge in [0, 0.05) is 12.1 Å². The number of benzene rings is 2. The second-order valence-corrected chi connectivity index (χ2v) is 5.87. The summed E-state index contributed by atoms with van der Waals surface area (Å²) in [5, 5.41) is 3.62. The van der Waals surface area contributed by atoms with E-state index in [1.165, 1.54) is 16.7 Å². The lowest BCUT2D eigenvalue weighted by molar-refractivity contribution is 0.395. The first-order valence-electron chi connectivity index (χ1n) is 7.09. The molecule has 2 aromatic rings. The predicted molar refractivity (Wildman–Crippen MR) is 87.5 cm³/mol. The molecular weight excluding hydrogens is 242 g/mol. The van der Waals surface area contributed by atoms with Gasteiger partial charge in [-0.1, -0.05) is 67.2 Å². The van der Waals surface area contributed by atoms with Crippen LogP contribution in [0.5, 0.6) is 0 Å². The Morgan fingerprint density at radius 2 is 1.50 bits per heavy atom. The second-order valence-electron chi connectivity index (χ2n) is 5.87. The fraction of sp³-hybridized carbons (Fsp3) is 0.263. The third kappa shape index (κ3) is 4.36. The Morgan fingerprint density at radius 1 is 0.950 bits per heavy atom. The molecule has 0 spiro atoms. The van der Waals surface area contributed by atoms with Crippen molar-refractivity contribution in [3.8, 4) is 0 Å². The van der Waals surface area contributed by atoms with E-state index in [-0.39, 0.29) is 5.54 Å². The Balaban J connectivity index is 1.92. The molecule has 2 aromatic carbocycles. The third-order valence-electron chi connectivity index (χ3n) is 3.45. The first kappa shape index (κ1) is 14.5. The molecule has 0 fully saturated rings. The van der Waals surface area contributed by atoms with E-state index >= 15 is 0 Å². The van der Waals surface area contributed by atoms with Crippen molar-refractivity contribution < 1.29 is 0 Å². The average molecular weight is 265 g/mol. The first-order chi connectivity index (χ1) is 9.57. The average Bonchev–Trinajstić information content (AvgIpc) is 2.47. The van der Waals surface area contributed by atoms with Crippen molar-refractivity contribution in [1.29, 1.82) is 0 Å². The second kappa shape index (κ2) is 6.53. The number of rotatable bonds is 6. The highest BCUT2D eigenvalue weighted by molar-refractivity contribution is 5.64. The van der Waals surface area contributed by atoms with Gasteiger partial charge in [-0.15, -0.1) is 0 Å². The highest BCUT2D eigenvalue weighted by Gasteiger charge is 2.18. The van der Waals surface area contributed by atoms with Crippen LogP contribution in [-0.2, 0) is 6.54 Å². The highest BCUT2D eigenvalue weighted by Crippen LogP contribution is 2.23. The summed E-state index contributed by atoms with van der Waals surface area (Å²) in [5.74, 6) is 0. The molecule has 1 nitrogen and oxygen atoms in total. The zero-order valence-electron chi connectivity index (χ0n) is 12.4. The van der Waals surface area contributed by atoms with Gasteiger partial charge < -0.3 is 5.32 Å². The van der Waals surface area contributed by atoms with Gasteiger partial charge in [0.15, 0.2) is 0 Å². The van der Waals surface area contributed by atoms with E-state index in [1.807, 2.05) is 12.1 Å². The van der Waals surface area contributed by atoms with Gasteiger partial charge in [0.25, 0.3) is 0 Å². The van der Waals surface area contributed by atoms with E-state index in [2.05, 4.69) is 74.3 Å². The molecule has 1 heteroatoms. The van der Waals surface area contributed by atoms with Crippen molar-refractivity contribution in [3.63, 3.8) is 0 Å². The van der Waals surface area contributed by atoms with Gasteiger partial charge in [0.05, 0.1) is 0 Å². The van der Waals surface area contributed by atoms with Crippen LogP contribution in [0, 0.1) is 0 Å². The van der Waals surface area contributed by atoms with Gasteiger partial charge in [-0.2, -0.15) is 0 Å². The van der Waals surface area contributed by atoms with Crippen molar-refractivity contribution >= 4 is 5.57 Å². The van der Waals surface area contributed by atoms with Crippen LogP contribution in [0.15, 0.2) is 67.2 Å². The first-order valence-corrected chi connectivity index (χ1v) is 7.09. The van der Waals surface area contributed by atoms with Crippen LogP contribution in [0.3, 0.4) is 0 Å². The van der Waals surface area contributed by atoms with Crippen LogP contribution >= 0.6 is 0 Å². The summed E-state index contributed by atoms with van der Waals surface area (Å²) in [4.78, 5) is 0. The predicted octanol–water partition coefficient (Wildman–Crippen LogP) is 4.66. The summed E-state index contributed by atoms with van der Waals surface area (Å²) in [5.41, 5.74) is 3.74. The highest BCUT2D eigenvalue weighted by atomic mass is 14.9. The van der Waals surface area contributed by atoms with Gasteiger partial charge in [-0.3, -0.25) is 0 Å². The molecule has 1 N–H and O–H groups in total. The van der Waals surface area contributed by atoms with Gasteiger partial charge in [0.2, 0.25) is 0 Å². The Kier molecular flexibility index (Phi) is 4.75. The summed E-state index contributed by atoms with van der Waals surface area (Å²) in [6.45, 7) is 9.56. The quantitative estimate of drug-likeness (QED) is 0.801. The monoisotopic (exact) mass is 265 g/mol. The van der Waals surface area contributed by atoms with E-state index in [9.17, 15) is 0 Å².